The van der Waals surface area contributed by atoms with Crippen molar-refractivity contribution < 1.29 is 4.79 Å². The molecule has 1 fully saturated rings. The zero-order valence-electron chi connectivity index (χ0n) is 11.8. The van der Waals surface area contributed by atoms with Gasteiger partial charge in [0.25, 0.3) is 0 Å². The molecule has 1 saturated heterocycles. The minimum Gasteiger partial charge on any atom is -0.352 e. The summed E-state index contributed by atoms with van der Waals surface area (Å²) >= 11 is 0. The van der Waals surface area contributed by atoms with Crippen molar-refractivity contribution in [1.29, 1.82) is 0 Å². The first-order valence-electron chi connectivity index (χ1n) is 7.05. The zero-order chi connectivity index (χ0) is 13.5. The van der Waals surface area contributed by atoms with Crippen LogP contribution in [0, 0.1) is 0 Å². The summed E-state index contributed by atoms with van der Waals surface area (Å²) in [6.07, 6.45) is 3.05. The Morgan fingerprint density at radius 1 is 1.15 bits per heavy atom. The molecule has 0 aromatic heterocycles. The van der Waals surface area contributed by atoms with Gasteiger partial charge in [-0.05, 0) is 37.1 Å². The number of nitrogens with zero attached hydrogens (tertiary/aromatic N) is 1. The van der Waals surface area contributed by atoms with Crippen LogP contribution in [-0.2, 0) is 17.9 Å². The van der Waals surface area contributed by atoms with Crippen molar-refractivity contribution in [2.24, 2.45) is 5.73 Å². The molecule has 1 amide bonds. The summed E-state index contributed by atoms with van der Waals surface area (Å²) < 4.78 is 0. The lowest BCUT2D eigenvalue weighted by atomic mass is 10.1. The van der Waals surface area contributed by atoms with Gasteiger partial charge in [-0.25, -0.2) is 0 Å². The quantitative estimate of drug-likeness (QED) is 0.840. The number of carbonyl (C=O) groups excluding carboxylic acids is 1. The van der Waals surface area contributed by atoms with Crippen LogP contribution in [0.5, 0.6) is 0 Å². The number of rotatable bonds is 6. The number of benzene rings is 1. The van der Waals surface area contributed by atoms with Gasteiger partial charge in [-0.1, -0.05) is 24.3 Å². The number of hydrogen-bond acceptors (Lipinski definition) is 3. The van der Waals surface area contributed by atoms with Gasteiger partial charge in [-0.2, -0.15) is 0 Å². The molecule has 5 heteroatoms. The number of amides is 1. The molecule has 0 unspecified atom stereocenters. The molecule has 3 N–H and O–H groups in total. The van der Waals surface area contributed by atoms with Crippen molar-refractivity contribution >= 4 is 18.3 Å². The molecule has 1 heterocycles. The molecule has 0 aliphatic carbocycles. The topological polar surface area (TPSA) is 58.4 Å². The average molecular weight is 298 g/mol. The van der Waals surface area contributed by atoms with Crippen molar-refractivity contribution in [2.45, 2.75) is 32.4 Å². The Hall–Kier alpha value is -1.10. The molecule has 2 rings (SSSR count). The Morgan fingerprint density at radius 3 is 2.35 bits per heavy atom. The Morgan fingerprint density at radius 2 is 1.75 bits per heavy atom. The number of halogens is 1. The minimum atomic E-state index is 0. The van der Waals surface area contributed by atoms with E-state index in [4.69, 9.17) is 5.73 Å². The summed E-state index contributed by atoms with van der Waals surface area (Å²) in [6, 6.07) is 8.49. The van der Waals surface area contributed by atoms with Gasteiger partial charge in [0, 0.05) is 26.1 Å². The maximum Gasteiger partial charge on any atom is 0.221 e. The standard InChI is InChI=1S/C15H23N3O.ClH/c16-8-7-15(19)17-11-13-3-5-14(6-4-13)12-18-9-1-2-10-18;/h3-6H,1-2,7-12,16H2,(H,17,19);1H. The molecular formula is C15H24ClN3O. The lowest BCUT2D eigenvalue weighted by Crippen LogP contribution is -2.25. The summed E-state index contributed by atoms with van der Waals surface area (Å²) in [5.41, 5.74) is 7.81. The van der Waals surface area contributed by atoms with Gasteiger partial charge in [-0.15, -0.1) is 12.4 Å². The Bertz CT molecular complexity index is 402. The lowest BCUT2D eigenvalue weighted by molar-refractivity contribution is -0.121. The van der Waals surface area contributed by atoms with Crippen LogP contribution in [0.25, 0.3) is 0 Å². The SMILES string of the molecule is Cl.NCCC(=O)NCc1ccc(CN2CCCC2)cc1. The molecule has 112 valence electrons. The van der Waals surface area contributed by atoms with E-state index < -0.39 is 0 Å². The molecule has 1 aliphatic rings. The third-order valence-corrected chi connectivity index (χ3v) is 3.49. The van der Waals surface area contributed by atoms with Gasteiger partial charge in [0.15, 0.2) is 0 Å². The fourth-order valence-electron chi connectivity index (χ4n) is 2.38. The molecule has 20 heavy (non-hydrogen) atoms. The first-order chi connectivity index (χ1) is 9.28. The summed E-state index contributed by atoms with van der Waals surface area (Å²) in [5, 5.41) is 2.86. The minimum absolute atomic E-state index is 0. The second-order valence-electron chi connectivity index (χ2n) is 5.12. The predicted molar refractivity (Wildman–Crippen MR) is 83.7 cm³/mol. The van der Waals surface area contributed by atoms with Gasteiger partial charge in [0.05, 0.1) is 0 Å². The van der Waals surface area contributed by atoms with E-state index in [0.29, 0.717) is 19.5 Å². The van der Waals surface area contributed by atoms with Crippen molar-refractivity contribution in [3.63, 3.8) is 0 Å². The highest BCUT2D eigenvalue weighted by Gasteiger charge is 2.11. The smallest absolute Gasteiger partial charge is 0.221 e. The summed E-state index contributed by atoms with van der Waals surface area (Å²) in [5.74, 6) is 0.0173. The zero-order valence-corrected chi connectivity index (χ0v) is 12.6. The summed E-state index contributed by atoms with van der Waals surface area (Å²) in [4.78, 5) is 13.8. The van der Waals surface area contributed by atoms with Crippen LogP contribution >= 0.6 is 12.4 Å². The molecule has 0 spiro atoms. The van der Waals surface area contributed by atoms with Crippen LogP contribution in [0.1, 0.15) is 30.4 Å². The third-order valence-electron chi connectivity index (χ3n) is 3.49. The molecule has 0 bridgehead atoms. The van der Waals surface area contributed by atoms with E-state index in [2.05, 4.69) is 34.5 Å². The van der Waals surface area contributed by atoms with Crippen molar-refractivity contribution in [3.8, 4) is 0 Å². The van der Waals surface area contributed by atoms with Crippen molar-refractivity contribution in [1.82, 2.24) is 10.2 Å². The van der Waals surface area contributed by atoms with E-state index in [0.717, 1.165) is 12.1 Å². The van der Waals surface area contributed by atoms with Crippen LogP contribution in [0.4, 0.5) is 0 Å². The number of nitrogens with one attached hydrogen (secondary N) is 1. The van der Waals surface area contributed by atoms with Crippen LogP contribution in [-0.4, -0.2) is 30.4 Å². The van der Waals surface area contributed by atoms with Gasteiger partial charge >= 0.3 is 0 Å². The Labute approximate surface area is 127 Å². The van der Waals surface area contributed by atoms with Gasteiger partial charge < -0.3 is 11.1 Å². The highest BCUT2D eigenvalue weighted by Crippen LogP contribution is 2.13. The maximum absolute atomic E-state index is 11.3. The number of nitrogens with two attached hydrogens (primary N) is 1. The predicted octanol–water partition coefficient (Wildman–Crippen LogP) is 1.67. The first kappa shape index (κ1) is 17.0. The molecule has 1 aromatic carbocycles. The lowest BCUT2D eigenvalue weighted by Gasteiger charge is -2.14. The van der Waals surface area contributed by atoms with E-state index >= 15 is 0 Å². The van der Waals surface area contributed by atoms with E-state index in [-0.39, 0.29) is 18.3 Å². The monoisotopic (exact) mass is 297 g/mol. The fourth-order valence-corrected chi connectivity index (χ4v) is 2.38. The van der Waals surface area contributed by atoms with Crippen LogP contribution in [0.3, 0.4) is 0 Å². The van der Waals surface area contributed by atoms with Gasteiger partial charge in [-0.3, -0.25) is 9.69 Å². The highest BCUT2D eigenvalue weighted by molar-refractivity contribution is 5.85. The average Bonchev–Trinajstić information content (AvgIpc) is 2.91. The summed E-state index contributed by atoms with van der Waals surface area (Å²) in [6.45, 7) is 4.47. The maximum atomic E-state index is 11.3. The molecule has 1 aromatic rings. The molecular weight excluding hydrogens is 274 g/mol. The number of hydrogen-bond donors (Lipinski definition) is 2. The summed E-state index contributed by atoms with van der Waals surface area (Å²) in [7, 11) is 0. The number of likely N-dealkylation sites (tertiary alicyclic amines) is 1. The molecule has 0 radical (unpaired) electrons. The second-order valence-corrected chi connectivity index (χ2v) is 5.12. The molecule has 4 nitrogen and oxygen atoms in total. The van der Waals surface area contributed by atoms with E-state index in [1.165, 1.54) is 31.5 Å². The van der Waals surface area contributed by atoms with Gasteiger partial charge in [0.2, 0.25) is 5.91 Å². The van der Waals surface area contributed by atoms with Crippen LogP contribution in [0.2, 0.25) is 0 Å². The molecule has 0 saturated carbocycles. The van der Waals surface area contributed by atoms with E-state index in [1.807, 2.05) is 0 Å². The third kappa shape index (κ3) is 5.49. The van der Waals surface area contributed by atoms with Crippen LogP contribution in [0.15, 0.2) is 24.3 Å². The Kier molecular flexibility index (Phi) is 7.59. The largest absolute Gasteiger partial charge is 0.352 e. The van der Waals surface area contributed by atoms with Crippen LogP contribution < -0.4 is 11.1 Å². The van der Waals surface area contributed by atoms with Crippen molar-refractivity contribution in [3.05, 3.63) is 35.4 Å². The Balaban J connectivity index is 0.00000200. The first-order valence-corrected chi connectivity index (χ1v) is 7.05. The van der Waals surface area contributed by atoms with E-state index in [1.54, 1.807) is 0 Å². The normalized spacial score (nSPS) is 14.8. The van der Waals surface area contributed by atoms with E-state index in [9.17, 15) is 4.79 Å². The highest BCUT2D eigenvalue weighted by atomic mass is 35.5. The molecule has 0 atom stereocenters. The second kappa shape index (κ2) is 8.95. The fraction of sp³-hybridized carbons (Fsp3) is 0.533. The van der Waals surface area contributed by atoms with Crippen molar-refractivity contribution in [2.75, 3.05) is 19.6 Å². The number of carbonyl (C=O) groups is 1. The van der Waals surface area contributed by atoms with Gasteiger partial charge in [0.1, 0.15) is 0 Å². The molecule has 1 aliphatic heterocycles.